The fraction of sp³-hybridized carbons (Fsp3) is 0.0625. The van der Waals surface area contributed by atoms with Gasteiger partial charge in [-0.1, -0.05) is 135 Å². The first kappa shape index (κ1) is 29.8. The van der Waals surface area contributed by atoms with Gasteiger partial charge in [0.15, 0.2) is 23.1 Å². The highest BCUT2D eigenvalue weighted by molar-refractivity contribution is 6.26. The minimum absolute atomic E-state index is 0.182. The predicted octanol–water partition coefficient (Wildman–Crippen LogP) is 12.2. The molecule has 1 aliphatic rings. The Labute approximate surface area is 305 Å². The second-order valence-corrected chi connectivity index (χ2v) is 14.4. The number of nitrogens with zero attached hydrogens (tertiary/aromatic N) is 4. The van der Waals surface area contributed by atoms with E-state index in [1.54, 1.807) is 0 Å². The van der Waals surface area contributed by atoms with E-state index in [1.165, 1.54) is 22.3 Å². The van der Waals surface area contributed by atoms with Gasteiger partial charge in [0, 0.05) is 49.3 Å². The largest absolute Gasteiger partial charge is 0.454 e. The van der Waals surface area contributed by atoms with E-state index in [4.69, 9.17) is 19.4 Å². The average Bonchev–Trinajstić information content (AvgIpc) is 3.83. The fourth-order valence-corrected chi connectivity index (χ4v) is 8.52. The Hall–Kier alpha value is -6.85. The second kappa shape index (κ2) is 11.1. The van der Waals surface area contributed by atoms with E-state index in [-0.39, 0.29) is 5.41 Å². The van der Waals surface area contributed by atoms with E-state index >= 15 is 0 Å². The van der Waals surface area contributed by atoms with E-state index in [9.17, 15) is 0 Å². The SMILES string of the molecule is CC1(C)c2ccccc2-c2cc3c(cc21)c1c(-c2nc(-c4ccccc4)nc(-c4ccccc4)n2)cc2c4ccccc4oc2c1n3-c1ccccc1. The molecule has 0 saturated carbocycles. The number of rotatable bonds is 4. The van der Waals surface area contributed by atoms with Gasteiger partial charge in [0.05, 0.1) is 11.0 Å². The van der Waals surface area contributed by atoms with Crippen molar-refractivity contribution in [3.05, 3.63) is 169 Å². The minimum Gasteiger partial charge on any atom is -0.454 e. The summed E-state index contributed by atoms with van der Waals surface area (Å²) in [7, 11) is 0. The highest BCUT2D eigenvalue weighted by Gasteiger charge is 2.37. The third-order valence-corrected chi connectivity index (χ3v) is 11.0. The first-order valence-corrected chi connectivity index (χ1v) is 18.0. The van der Waals surface area contributed by atoms with Crippen LogP contribution in [0, 0.1) is 0 Å². The Kier molecular flexibility index (Phi) is 6.23. The van der Waals surface area contributed by atoms with Crippen LogP contribution in [0.2, 0.25) is 0 Å². The number of hydrogen-bond donors (Lipinski definition) is 0. The Morgan fingerprint density at radius 2 is 1.09 bits per heavy atom. The molecule has 11 rings (SSSR count). The van der Waals surface area contributed by atoms with Crippen LogP contribution in [0.15, 0.2) is 162 Å². The van der Waals surface area contributed by atoms with Crippen LogP contribution in [0.4, 0.5) is 0 Å². The molecule has 7 aromatic carbocycles. The zero-order chi connectivity index (χ0) is 35.3. The Bertz CT molecular complexity index is 3010. The van der Waals surface area contributed by atoms with Gasteiger partial charge in [-0.2, -0.15) is 0 Å². The first-order chi connectivity index (χ1) is 26.0. The Morgan fingerprint density at radius 1 is 0.491 bits per heavy atom. The molecular formula is C48H32N4O. The highest BCUT2D eigenvalue weighted by Crippen LogP contribution is 2.52. The van der Waals surface area contributed by atoms with Gasteiger partial charge in [0.25, 0.3) is 0 Å². The van der Waals surface area contributed by atoms with E-state index in [0.717, 1.165) is 66.1 Å². The third kappa shape index (κ3) is 4.34. The number of aromatic nitrogens is 4. The molecule has 0 atom stereocenters. The standard InChI is InChI=1S/C48H32N4O/c1-48(2)38-24-14-12-22-32(38)34-28-40-36(27-39(34)48)42-37(47-50-45(29-16-6-3-7-17-29)49-46(51-47)30-18-8-4-9-19-30)26-35-33-23-13-15-25-41(33)53-44(35)43(42)52(40)31-20-10-5-11-21-31/h3-28H,1-2H3. The molecular weight excluding hydrogens is 649 g/mol. The molecule has 0 fully saturated rings. The molecule has 0 aliphatic heterocycles. The van der Waals surface area contributed by atoms with Gasteiger partial charge in [-0.05, 0) is 58.7 Å². The minimum atomic E-state index is -0.182. The lowest BCUT2D eigenvalue weighted by Crippen LogP contribution is -2.14. The Morgan fingerprint density at radius 3 is 1.81 bits per heavy atom. The van der Waals surface area contributed by atoms with Crippen LogP contribution in [0.25, 0.3) is 94.7 Å². The number of furan rings is 1. The van der Waals surface area contributed by atoms with Crippen molar-refractivity contribution in [1.82, 2.24) is 19.5 Å². The van der Waals surface area contributed by atoms with Crippen molar-refractivity contribution in [2.75, 3.05) is 0 Å². The molecule has 0 radical (unpaired) electrons. The molecule has 53 heavy (non-hydrogen) atoms. The van der Waals surface area contributed by atoms with E-state index in [1.807, 2.05) is 48.5 Å². The third-order valence-electron chi connectivity index (χ3n) is 11.0. The van der Waals surface area contributed by atoms with Gasteiger partial charge >= 0.3 is 0 Å². The van der Waals surface area contributed by atoms with E-state index in [2.05, 4.69) is 128 Å². The van der Waals surface area contributed by atoms with Gasteiger partial charge in [-0.15, -0.1) is 0 Å². The first-order valence-electron chi connectivity index (χ1n) is 18.0. The lowest BCUT2D eigenvalue weighted by Gasteiger charge is -2.21. The monoisotopic (exact) mass is 680 g/mol. The Balaban J connectivity index is 1.35. The normalized spacial score (nSPS) is 13.2. The molecule has 10 aromatic rings. The van der Waals surface area contributed by atoms with Gasteiger partial charge in [0.2, 0.25) is 0 Å². The van der Waals surface area contributed by atoms with Crippen molar-refractivity contribution < 1.29 is 4.42 Å². The van der Waals surface area contributed by atoms with Crippen molar-refractivity contribution in [2.24, 2.45) is 0 Å². The molecule has 3 aromatic heterocycles. The molecule has 5 heteroatoms. The maximum Gasteiger partial charge on any atom is 0.164 e. The summed E-state index contributed by atoms with van der Waals surface area (Å²) in [6, 6.07) is 55.1. The molecule has 0 N–H and O–H groups in total. The smallest absolute Gasteiger partial charge is 0.164 e. The quantitative estimate of drug-likeness (QED) is 0.186. The zero-order valence-corrected chi connectivity index (χ0v) is 29.2. The molecule has 3 heterocycles. The number of benzene rings is 7. The van der Waals surface area contributed by atoms with Crippen molar-refractivity contribution in [3.63, 3.8) is 0 Å². The lowest BCUT2D eigenvalue weighted by molar-refractivity contribution is 0.661. The summed E-state index contributed by atoms with van der Waals surface area (Å²) in [6.45, 7) is 4.67. The van der Waals surface area contributed by atoms with Crippen LogP contribution in [0.3, 0.4) is 0 Å². The van der Waals surface area contributed by atoms with E-state index in [0.29, 0.717) is 17.5 Å². The molecule has 1 aliphatic carbocycles. The van der Waals surface area contributed by atoms with Crippen LogP contribution < -0.4 is 0 Å². The summed E-state index contributed by atoms with van der Waals surface area (Å²) >= 11 is 0. The van der Waals surface area contributed by atoms with Gasteiger partial charge < -0.3 is 8.98 Å². The zero-order valence-electron chi connectivity index (χ0n) is 29.2. The number of hydrogen-bond acceptors (Lipinski definition) is 4. The van der Waals surface area contributed by atoms with Crippen LogP contribution in [0.5, 0.6) is 0 Å². The highest BCUT2D eigenvalue weighted by atomic mass is 16.3. The predicted molar refractivity (Wildman–Crippen MR) is 215 cm³/mol. The van der Waals surface area contributed by atoms with Gasteiger partial charge in [-0.3, -0.25) is 0 Å². The van der Waals surface area contributed by atoms with Crippen LogP contribution in [-0.2, 0) is 5.41 Å². The van der Waals surface area contributed by atoms with Crippen molar-refractivity contribution in [2.45, 2.75) is 19.3 Å². The molecule has 5 nitrogen and oxygen atoms in total. The van der Waals surface area contributed by atoms with Crippen LogP contribution in [0.1, 0.15) is 25.0 Å². The maximum absolute atomic E-state index is 6.86. The van der Waals surface area contributed by atoms with Gasteiger partial charge in [-0.25, -0.2) is 15.0 Å². The summed E-state index contributed by atoms with van der Waals surface area (Å²) in [5.74, 6) is 1.87. The number of fused-ring (bicyclic) bond motifs is 10. The van der Waals surface area contributed by atoms with Crippen LogP contribution >= 0.6 is 0 Å². The van der Waals surface area contributed by atoms with Crippen molar-refractivity contribution >= 4 is 43.7 Å². The summed E-state index contributed by atoms with van der Waals surface area (Å²) in [5.41, 5.74) is 12.6. The van der Waals surface area contributed by atoms with Crippen molar-refractivity contribution in [1.29, 1.82) is 0 Å². The van der Waals surface area contributed by atoms with Crippen molar-refractivity contribution in [3.8, 4) is 51.0 Å². The number of para-hydroxylation sites is 2. The summed E-state index contributed by atoms with van der Waals surface area (Å²) in [6.07, 6.45) is 0. The topological polar surface area (TPSA) is 56.7 Å². The fourth-order valence-electron chi connectivity index (χ4n) is 8.52. The second-order valence-electron chi connectivity index (χ2n) is 14.4. The summed E-state index contributed by atoms with van der Waals surface area (Å²) in [5, 5.41) is 4.25. The molecule has 0 saturated heterocycles. The molecule has 0 amide bonds. The average molecular weight is 681 g/mol. The van der Waals surface area contributed by atoms with Crippen LogP contribution in [-0.4, -0.2) is 19.5 Å². The maximum atomic E-state index is 6.86. The molecule has 0 bridgehead atoms. The van der Waals surface area contributed by atoms with Gasteiger partial charge in [0.1, 0.15) is 5.58 Å². The summed E-state index contributed by atoms with van der Waals surface area (Å²) < 4.78 is 9.24. The summed E-state index contributed by atoms with van der Waals surface area (Å²) in [4.78, 5) is 15.6. The molecule has 0 unspecified atom stereocenters. The molecule has 0 spiro atoms. The lowest BCUT2D eigenvalue weighted by atomic mass is 9.82. The van der Waals surface area contributed by atoms with E-state index < -0.39 is 0 Å². The molecule has 250 valence electrons.